The Morgan fingerprint density at radius 2 is 2.71 bits per heavy atom. The lowest BCUT2D eigenvalue weighted by molar-refractivity contribution is 0.505. The van der Waals surface area contributed by atoms with Crippen LogP contribution in [0.15, 0.2) is 10.4 Å². The van der Waals surface area contributed by atoms with Crippen LogP contribution in [0.1, 0.15) is 0 Å². The molecule has 0 spiro atoms. The molecule has 1 aliphatic rings. The number of nitrogens with one attached hydrogen (secondary N) is 1. The van der Waals surface area contributed by atoms with Crippen molar-refractivity contribution in [1.29, 1.82) is 0 Å². The van der Waals surface area contributed by atoms with Gasteiger partial charge in [-0.2, -0.15) is 4.41 Å². The fourth-order valence-corrected chi connectivity index (χ4v) is 1.20. The van der Waals surface area contributed by atoms with Crippen LogP contribution in [0.3, 0.4) is 0 Å². The summed E-state index contributed by atoms with van der Waals surface area (Å²) in [7, 11) is 1.92. The van der Waals surface area contributed by atoms with Crippen LogP contribution in [0, 0.1) is 0 Å². The summed E-state index contributed by atoms with van der Waals surface area (Å²) < 4.78 is 2.74. The summed E-state index contributed by atoms with van der Waals surface area (Å²) in [6.07, 6.45) is 1.79. The van der Waals surface area contributed by atoms with Crippen LogP contribution in [0.25, 0.3) is 0 Å². The highest BCUT2D eigenvalue weighted by Gasteiger charge is 2.05. The lowest BCUT2D eigenvalue weighted by Crippen LogP contribution is -2.16. The van der Waals surface area contributed by atoms with E-state index in [4.69, 9.17) is 12.6 Å². The van der Waals surface area contributed by atoms with Crippen LogP contribution < -0.4 is 5.43 Å². The second kappa shape index (κ2) is 1.90. The van der Waals surface area contributed by atoms with E-state index in [0.717, 1.165) is 4.24 Å². The van der Waals surface area contributed by atoms with Crippen LogP contribution in [0.2, 0.25) is 0 Å². The first-order chi connectivity index (χ1) is 3.29. The summed E-state index contributed by atoms with van der Waals surface area (Å²) in [6, 6.07) is 0. The summed E-state index contributed by atoms with van der Waals surface area (Å²) in [5, 5.41) is 0. The molecule has 0 bridgehead atoms. The van der Waals surface area contributed by atoms with Gasteiger partial charge in [0.15, 0.2) is 0 Å². The fraction of sp³-hybridized carbons (Fsp3) is 0.333. The van der Waals surface area contributed by atoms with Gasteiger partial charge in [-0.1, -0.05) is 12.6 Å². The van der Waals surface area contributed by atoms with Crippen molar-refractivity contribution >= 4 is 24.6 Å². The number of hydrazine groups is 1. The summed E-state index contributed by atoms with van der Waals surface area (Å²) in [4.78, 5) is 0. The molecule has 0 atom stereocenters. The third kappa shape index (κ3) is 1.22. The van der Waals surface area contributed by atoms with E-state index < -0.39 is 0 Å². The summed E-state index contributed by atoms with van der Waals surface area (Å²) in [6.45, 7) is 0. The summed E-state index contributed by atoms with van der Waals surface area (Å²) in [5.74, 6) is 0. The minimum Gasteiger partial charge on any atom is -0.315 e. The smallest absolute Gasteiger partial charge is 0.105 e. The van der Waals surface area contributed by atoms with Gasteiger partial charge in [-0.3, -0.25) is 0 Å². The highest BCUT2D eigenvalue weighted by molar-refractivity contribution is 8.14. The highest BCUT2D eigenvalue weighted by atomic mass is 32.2. The molecule has 0 aromatic heterocycles. The topological polar surface area (TPSA) is 15.3 Å². The van der Waals surface area contributed by atoms with Gasteiger partial charge in [0.2, 0.25) is 0 Å². The minimum atomic E-state index is 0.891. The maximum absolute atomic E-state index is 4.80. The highest BCUT2D eigenvalue weighted by Crippen LogP contribution is 2.24. The molecule has 39 valence electrons. The number of hydrogen-bond donors (Lipinski definition) is 1. The van der Waals surface area contributed by atoms with Crippen molar-refractivity contribution in [2.75, 3.05) is 7.05 Å². The third-order valence-electron chi connectivity index (χ3n) is 0.591. The van der Waals surface area contributed by atoms with Gasteiger partial charge < -0.3 is 5.43 Å². The Morgan fingerprint density at radius 1 is 2.00 bits per heavy atom. The first-order valence-electron chi connectivity index (χ1n) is 1.84. The first-order valence-corrected chi connectivity index (χ1v) is 3.02. The molecule has 1 rings (SSSR count). The van der Waals surface area contributed by atoms with Gasteiger partial charge in [-0.25, -0.2) is 0 Å². The molecule has 0 aromatic rings. The molecule has 0 saturated heterocycles. The maximum Gasteiger partial charge on any atom is 0.105 e. The molecule has 1 N–H and O–H groups in total. The molecule has 0 amide bonds. The molecule has 0 unspecified atom stereocenters. The lowest BCUT2D eigenvalue weighted by Gasteiger charge is -2.02. The molecule has 4 heteroatoms. The number of rotatable bonds is 0. The van der Waals surface area contributed by atoms with Gasteiger partial charge in [-0.05, 0) is 11.9 Å². The molecule has 7 heavy (non-hydrogen) atoms. The Morgan fingerprint density at radius 3 is 2.86 bits per heavy atom. The van der Waals surface area contributed by atoms with E-state index in [9.17, 15) is 0 Å². The number of hydrogen-bond acceptors (Lipinski definition) is 3. The Bertz CT molecular complexity index is 101. The van der Waals surface area contributed by atoms with Crippen LogP contribution in [0.4, 0.5) is 0 Å². The maximum atomic E-state index is 4.80. The standard InChI is InChI=1S/C3H5N2S2/c1-5-4-2-3(6)7-5/h2,4H,1H3. The third-order valence-corrected chi connectivity index (χ3v) is 1.61. The van der Waals surface area contributed by atoms with Gasteiger partial charge in [0, 0.05) is 13.2 Å². The van der Waals surface area contributed by atoms with E-state index in [1.165, 1.54) is 11.9 Å². The number of nitrogens with zero attached hydrogens (tertiary/aromatic N) is 1. The van der Waals surface area contributed by atoms with Crippen LogP contribution in [-0.2, 0) is 0 Å². The van der Waals surface area contributed by atoms with Crippen molar-refractivity contribution in [3.63, 3.8) is 0 Å². The minimum absolute atomic E-state index is 0.891. The molecule has 0 saturated carbocycles. The van der Waals surface area contributed by atoms with E-state index in [0.29, 0.717) is 0 Å². The molecule has 2 nitrogen and oxygen atoms in total. The van der Waals surface area contributed by atoms with Crippen molar-refractivity contribution < 1.29 is 0 Å². The monoisotopic (exact) mass is 133 g/mol. The Labute approximate surface area is 52.5 Å². The Balaban J connectivity index is 2.42. The van der Waals surface area contributed by atoms with Gasteiger partial charge in [0.05, 0.1) is 0 Å². The zero-order chi connectivity index (χ0) is 5.28. The molecule has 0 aliphatic carbocycles. The van der Waals surface area contributed by atoms with E-state index in [2.05, 4.69) is 5.43 Å². The van der Waals surface area contributed by atoms with Gasteiger partial charge >= 0.3 is 0 Å². The normalized spacial score (nSPS) is 21.6. The quantitative estimate of drug-likeness (QED) is 0.498. The molecule has 0 fully saturated rings. The second-order valence-electron chi connectivity index (χ2n) is 1.18. The molecule has 1 aliphatic heterocycles. The second-order valence-corrected chi connectivity index (χ2v) is 3.05. The van der Waals surface area contributed by atoms with Crippen LogP contribution >= 0.6 is 24.6 Å². The summed E-state index contributed by atoms with van der Waals surface area (Å²) >= 11 is 6.32. The summed E-state index contributed by atoms with van der Waals surface area (Å²) in [5.41, 5.74) is 2.90. The average Bonchev–Trinajstić information content (AvgIpc) is 1.87. The van der Waals surface area contributed by atoms with Crippen molar-refractivity contribution in [3.8, 4) is 0 Å². The van der Waals surface area contributed by atoms with Crippen molar-refractivity contribution in [3.05, 3.63) is 10.4 Å². The van der Waals surface area contributed by atoms with E-state index in [1.54, 1.807) is 6.20 Å². The van der Waals surface area contributed by atoms with Crippen molar-refractivity contribution in [2.24, 2.45) is 0 Å². The van der Waals surface area contributed by atoms with Gasteiger partial charge in [0.1, 0.15) is 4.24 Å². The largest absolute Gasteiger partial charge is 0.315 e. The van der Waals surface area contributed by atoms with Crippen molar-refractivity contribution in [2.45, 2.75) is 0 Å². The van der Waals surface area contributed by atoms with Crippen LogP contribution in [-0.4, -0.2) is 11.5 Å². The molecule has 1 radical (unpaired) electrons. The first kappa shape index (κ1) is 5.21. The zero-order valence-electron chi connectivity index (χ0n) is 3.84. The molecular formula is C3H5N2S2. The Hall–Kier alpha value is 0.0700. The molecular weight excluding hydrogens is 128 g/mol. The predicted molar refractivity (Wildman–Crippen MR) is 34.2 cm³/mol. The predicted octanol–water partition coefficient (Wildman–Crippen LogP) is 1.08. The molecule has 1 heterocycles. The van der Waals surface area contributed by atoms with E-state index >= 15 is 0 Å². The average molecular weight is 133 g/mol. The van der Waals surface area contributed by atoms with E-state index in [1.807, 2.05) is 11.5 Å². The van der Waals surface area contributed by atoms with Gasteiger partial charge in [0.25, 0.3) is 0 Å². The lowest BCUT2D eigenvalue weighted by atomic mass is 11.0. The SMILES string of the molecule is CN1NC=C([S])S1. The Kier molecular flexibility index (Phi) is 1.41. The van der Waals surface area contributed by atoms with E-state index in [-0.39, 0.29) is 0 Å². The fourth-order valence-electron chi connectivity index (χ4n) is 0.331. The van der Waals surface area contributed by atoms with Crippen molar-refractivity contribution in [1.82, 2.24) is 9.84 Å². The zero-order valence-corrected chi connectivity index (χ0v) is 5.47. The van der Waals surface area contributed by atoms with Gasteiger partial charge in [-0.15, -0.1) is 0 Å². The van der Waals surface area contributed by atoms with Crippen LogP contribution in [0.5, 0.6) is 0 Å². The molecule has 0 aromatic carbocycles.